The van der Waals surface area contributed by atoms with E-state index in [1.54, 1.807) is 0 Å². The van der Waals surface area contributed by atoms with E-state index in [0.29, 0.717) is 11.3 Å². The number of nitro groups is 1. The van der Waals surface area contributed by atoms with Crippen LogP contribution in [0, 0.1) is 15.9 Å². The van der Waals surface area contributed by atoms with Crippen molar-refractivity contribution in [3.63, 3.8) is 0 Å². The fourth-order valence-electron chi connectivity index (χ4n) is 2.53. The summed E-state index contributed by atoms with van der Waals surface area (Å²) >= 11 is 6.12. The zero-order valence-electron chi connectivity index (χ0n) is 15.3. The molecule has 1 aromatic heterocycles. The largest absolute Gasteiger partial charge is 0.381 e. The van der Waals surface area contributed by atoms with Crippen molar-refractivity contribution in [1.82, 2.24) is 15.1 Å². The van der Waals surface area contributed by atoms with Crippen molar-refractivity contribution in [2.75, 3.05) is 18.4 Å². The summed E-state index contributed by atoms with van der Waals surface area (Å²) in [6, 6.07) is 10.4. The number of nitro benzene ring substituents is 1. The number of amides is 1. The first kappa shape index (κ1) is 20.9. The van der Waals surface area contributed by atoms with E-state index in [9.17, 15) is 24.1 Å². The van der Waals surface area contributed by atoms with Gasteiger partial charge in [0.15, 0.2) is 0 Å². The summed E-state index contributed by atoms with van der Waals surface area (Å²) in [5.74, 6) is -0.798. The molecule has 2 aromatic carbocycles. The van der Waals surface area contributed by atoms with E-state index in [0.717, 1.165) is 4.68 Å². The Bertz CT molecular complexity index is 1130. The van der Waals surface area contributed by atoms with Crippen LogP contribution in [0.15, 0.2) is 59.5 Å². The monoisotopic (exact) mass is 431 g/mol. The molecule has 0 aliphatic carbocycles. The second kappa shape index (κ2) is 9.14. The van der Waals surface area contributed by atoms with Gasteiger partial charge in [0, 0.05) is 30.8 Å². The maximum absolute atomic E-state index is 12.9. The zero-order valence-corrected chi connectivity index (χ0v) is 16.1. The maximum Gasteiger partial charge on any atom is 0.292 e. The molecular formula is C19H15ClFN5O4. The molecule has 0 unspecified atom stereocenters. The predicted octanol–water partition coefficient (Wildman–Crippen LogP) is 2.78. The molecular weight excluding hydrogens is 417 g/mol. The van der Waals surface area contributed by atoms with Gasteiger partial charge < -0.3 is 10.6 Å². The Kier molecular flexibility index (Phi) is 6.38. The number of rotatable bonds is 7. The van der Waals surface area contributed by atoms with Crippen LogP contribution in [0.2, 0.25) is 5.02 Å². The average molecular weight is 432 g/mol. The maximum atomic E-state index is 12.9. The fourth-order valence-corrected chi connectivity index (χ4v) is 2.73. The van der Waals surface area contributed by atoms with E-state index in [1.165, 1.54) is 54.7 Å². The summed E-state index contributed by atoms with van der Waals surface area (Å²) in [6.45, 7) is 0.479. The van der Waals surface area contributed by atoms with Gasteiger partial charge >= 0.3 is 0 Å². The number of aromatic nitrogens is 2. The smallest absolute Gasteiger partial charge is 0.292 e. The van der Waals surface area contributed by atoms with Crippen LogP contribution in [0.5, 0.6) is 0 Å². The van der Waals surface area contributed by atoms with Crippen LogP contribution in [0.1, 0.15) is 10.4 Å². The third-order valence-corrected chi connectivity index (χ3v) is 4.42. The van der Waals surface area contributed by atoms with Gasteiger partial charge in [-0.2, -0.15) is 9.78 Å². The first-order chi connectivity index (χ1) is 14.4. The van der Waals surface area contributed by atoms with Crippen molar-refractivity contribution in [1.29, 1.82) is 0 Å². The van der Waals surface area contributed by atoms with Gasteiger partial charge in [-0.05, 0) is 36.4 Å². The van der Waals surface area contributed by atoms with Gasteiger partial charge in [-0.3, -0.25) is 19.7 Å². The van der Waals surface area contributed by atoms with E-state index >= 15 is 0 Å². The lowest BCUT2D eigenvalue weighted by Crippen LogP contribution is -2.29. The molecule has 3 aromatic rings. The molecule has 30 heavy (non-hydrogen) atoms. The highest BCUT2D eigenvalue weighted by Crippen LogP contribution is 2.18. The quantitative estimate of drug-likeness (QED) is 0.337. The molecule has 1 heterocycles. The number of carbonyl (C=O) groups excluding carboxylic acids is 1. The van der Waals surface area contributed by atoms with E-state index < -0.39 is 16.3 Å². The van der Waals surface area contributed by atoms with Crippen LogP contribution < -0.4 is 16.2 Å². The molecule has 1 amide bonds. The van der Waals surface area contributed by atoms with Crippen molar-refractivity contribution in [3.8, 4) is 5.69 Å². The molecule has 9 nitrogen and oxygen atoms in total. The SMILES string of the molecule is O=C(NCCNc1cnn(-c2ccc([N+](=O)[O-])cc2)c(=O)c1Cl)c1ccc(F)cc1. The normalized spacial score (nSPS) is 10.5. The summed E-state index contributed by atoms with van der Waals surface area (Å²) in [4.78, 5) is 34.6. The Morgan fingerprint density at radius 1 is 1.13 bits per heavy atom. The first-order valence-corrected chi connectivity index (χ1v) is 9.05. The molecule has 0 spiro atoms. The molecule has 154 valence electrons. The Morgan fingerprint density at radius 3 is 2.43 bits per heavy atom. The van der Waals surface area contributed by atoms with E-state index in [4.69, 9.17) is 11.6 Å². The summed E-state index contributed by atoms with van der Waals surface area (Å²) in [5, 5.41) is 20.2. The number of hydrogen-bond donors (Lipinski definition) is 2. The Morgan fingerprint density at radius 2 is 1.80 bits per heavy atom. The van der Waals surface area contributed by atoms with E-state index in [-0.39, 0.29) is 35.4 Å². The minimum absolute atomic E-state index is 0.112. The highest BCUT2D eigenvalue weighted by atomic mass is 35.5. The number of nitrogens with zero attached hydrogens (tertiary/aromatic N) is 3. The van der Waals surface area contributed by atoms with E-state index in [1.807, 2.05) is 0 Å². The van der Waals surface area contributed by atoms with Gasteiger partial charge in [0.1, 0.15) is 10.8 Å². The van der Waals surface area contributed by atoms with Gasteiger partial charge in [0.05, 0.1) is 22.5 Å². The summed E-state index contributed by atoms with van der Waals surface area (Å²) in [5.41, 5.74) is 0.202. The third kappa shape index (κ3) is 4.78. The van der Waals surface area contributed by atoms with Gasteiger partial charge in [0.25, 0.3) is 17.2 Å². The molecule has 0 atom stereocenters. The molecule has 0 aliphatic rings. The minimum Gasteiger partial charge on any atom is -0.381 e. The predicted molar refractivity (Wildman–Crippen MR) is 109 cm³/mol. The number of anilines is 1. The topological polar surface area (TPSA) is 119 Å². The molecule has 0 saturated carbocycles. The van der Waals surface area contributed by atoms with Crippen LogP contribution in [-0.4, -0.2) is 33.7 Å². The number of hydrogen-bond acceptors (Lipinski definition) is 6. The van der Waals surface area contributed by atoms with Crippen LogP contribution >= 0.6 is 11.6 Å². The van der Waals surface area contributed by atoms with Crippen molar-refractivity contribution in [2.45, 2.75) is 0 Å². The second-order valence-electron chi connectivity index (χ2n) is 6.05. The average Bonchev–Trinajstić information content (AvgIpc) is 2.74. The summed E-state index contributed by atoms with van der Waals surface area (Å²) < 4.78 is 13.9. The number of carbonyl (C=O) groups is 1. The van der Waals surface area contributed by atoms with E-state index in [2.05, 4.69) is 15.7 Å². The van der Waals surface area contributed by atoms with Crippen LogP contribution in [0.25, 0.3) is 5.69 Å². The Balaban J connectivity index is 1.61. The zero-order chi connectivity index (χ0) is 21.7. The number of halogens is 2. The number of benzene rings is 2. The Hall–Kier alpha value is -3.79. The molecule has 0 fully saturated rings. The second-order valence-corrected chi connectivity index (χ2v) is 6.43. The highest BCUT2D eigenvalue weighted by molar-refractivity contribution is 6.32. The molecule has 3 rings (SSSR count). The first-order valence-electron chi connectivity index (χ1n) is 8.67. The molecule has 0 bridgehead atoms. The van der Waals surface area contributed by atoms with Crippen LogP contribution in [0.4, 0.5) is 15.8 Å². The van der Waals surface area contributed by atoms with Gasteiger partial charge in [-0.1, -0.05) is 11.6 Å². The summed E-state index contributed by atoms with van der Waals surface area (Å²) in [6.07, 6.45) is 1.34. The lowest BCUT2D eigenvalue weighted by molar-refractivity contribution is -0.384. The molecule has 0 saturated heterocycles. The molecule has 11 heteroatoms. The highest BCUT2D eigenvalue weighted by Gasteiger charge is 2.12. The van der Waals surface area contributed by atoms with Crippen molar-refractivity contribution < 1.29 is 14.1 Å². The molecule has 2 N–H and O–H groups in total. The van der Waals surface area contributed by atoms with Crippen LogP contribution in [-0.2, 0) is 0 Å². The summed E-state index contributed by atoms with van der Waals surface area (Å²) in [7, 11) is 0. The van der Waals surface area contributed by atoms with Crippen molar-refractivity contribution >= 4 is 28.9 Å². The molecule has 0 aliphatic heterocycles. The fraction of sp³-hybridized carbons (Fsp3) is 0.105. The Labute approximate surface area is 174 Å². The number of nitrogens with one attached hydrogen (secondary N) is 2. The van der Waals surface area contributed by atoms with Gasteiger partial charge in [-0.25, -0.2) is 4.39 Å². The third-order valence-electron chi connectivity index (χ3n) is 4.06. The van der Waals surface area contributed by atoms with Gasteiger partial charge in [0.2, 0.25) is 0 Å². The van der Waals surface area contributed by atoms with Crippen molar-refractivity contribution in [2.24, 2.45) is 0 Å². The lowest BCUT2D eigenvalue weighted by atomic mass is 10.2. The standard InChI is InChI=1S/C19H15ClFN5O4/c20-17-16(22-9-10-23-18(27)12-1-3-13(21)4-2-12)11-24-25(19(17)28)14-5-7-15(8-6-14)26(29)30/h1-8,11,22H,9-10H2,(H,23,27). The molecule has 0 radical (unpaired) electrons. The lowest BCUT2D eigenvalue weighted by Gasteiger charge is -2.11. The van der Waals surface area contributed by atoms with Gasteiger partial charge in [-0.15, -0.1) is 0 Å². The van der Waals surface area contributed by atoms with Crippen molar-refractivity contribution in [3.05, 3.63) is 91.6 Å². The van der Waals surface area contributed by atoms with Crippen LogP contribution in [0.3, 0.4) is 0 Å². The number of non-ortho nitro benzene ring substituents is 1. The minimum atomic E-state index is -0.606.